The molecule has 6 heteroatoms. The van der Waals surface area contributed by atoms with E-state index in [1.54, 1.807) is 4.31 Å². The van der Waals surface area contributed by atoms with Gasteiger partial charge >= 0.3 is 0 Å². The lowest BCUT2D eigenvalue weighted by atomic mass is 10.0. The van der Waals surface area contributed by atoms with Gasteiger partial charge in [-0.15, -0.1) is 11.6 Å². The first-order chi connectivity index (χ1) is 8.02. The fraction of sp³-hybridized carbons (Fsp3) is 1.00. The molecule has 0 atom stereocenters. The summed E-state index contributed by atoms with van der Waals surface area (Å²) in [5.41, 5.74) is 0. The van der Waals surface area contributed by atoms with Crippen LogP contribution in [0, 0.1) is 5.92 Å². The molecule has 1 fully saturated rings. The molecular weight excluding hydrogens is 260 g/mol. The molecule has 0 radical (unpaired) electrons. The van der Waals surface area contributed by atoms with E-state index in [0.717, 1.165) is 12.8 Å². The highest BCUT2D eigenvalue weighted by Crippen LogP contribution is 2.20. The minimum absolute atomic E-state index is 0.503. The molecular formula is C11H23ClN2O2S. The van der Waals surface area contributed by atoms with Gasteiger partial charge in [-0.3, -0.25) is 0 Å². The lowest BCUT2D eigenvalue weighted by Gasteiger charge is -2.33. The average molecular weight is 283 g/mol. The topological polar surface area (TPSA) is 40.6 Å². The van der Waals surface area contributed by atoms with E-state index in [1.165, 1.54) is 4.31 Å². The van der Waals surface area contributed by atoms with Crippen molar-refractivity contribution in [1.29, 1.82) is 0 Å². The minimum atomic E-state index is -3.26. The maximum absolute atomic E-state index is 12.3. The summed E-state index contributed by atoms with van der Waals surface area (Å²) in [5, 5.41) is 0. The van der Waals surface area contributed by atoms with E-state index in [0.29, 0.717) is 44.4 Å². The number of hydrogen-bond donors (Lipinski definition) is 0. The molecule has 0 spiro atoms. The molecule has 4 nitrogen and oxygen atoms in total. The zero-order valence-corrected chi connectivity index (χ0v) is 12.3. The second kappa shape index (κ2) is 6.92. The number of piperidine rings is 1. The van der Waals surface area contributed by atoms with Gasteiger partial charge in [0.15, 0.2) is 0 Å². The van der Waals surface area contributed by atoms with Crippen molar-refractivity contribution < 1.29 is 8.42 Å². The molecule has 102 valence electrons. The number of rotatable bonds is 6. The summed E-state index contributed by atoms with van der Waals surface area (Å²) in [5.74, 6) is 1.14. The molecule has 0 bridgehead atoms. The van der Waals surface area contributed by atoms with Crippen LogP contribution in [-0.2, 0) is 10.2 Å². The molecule has 1 rings (SSSR count). The smallest absolute Gasteiger partial charge is 0.195 e. The highest BCUT2D eigenvalue weighted by Gasteiger charge is 2.30. The van der Waals surface area contributed by atoms with E-state index < -0.39 is 10.2 Å². The molecule has 1 aliphatic heterocycles. The maximum Gasteiger partial charge on any atom is 0.281 e. The van der Waals surface area contributed by atoms with Crippen LogP contribution < -0.4 is 0 Å². The number of alkyl halides is 1. The molecule has 0 aromatic carbocycles. The molecule has 0 unspecified atom stereocenters. The number of nitrogens with zero attached hydrogens (tertiary/aromatic N) is 2. The predicted octanol–water partition coefficient (Wildman–Crippen LogP) is 1.91. The van der Waals surface area contributed by atoms with E-state index in [1.807, 2.05) is 6.92 Å². The fourth-order valence-corrected chi connectivity index (χ4v) is 3.86. The Hall–Kier alpha value is 0.160. The monoisotopic (exact) mass is 282 g/mol. The quantitative estimate of drug-likeness (QED) is 0.699. The van der Waals surface area contributed by atoms with Gasteiger partial charge in [0.25, 0.3) is 10.2 Å². The van der Waals surface area contributed by atoms with Crippen molar-refractivity contribution >= 4 is 21.8 Å². The largest absolute Gasteiger partial charge is 0.281 e. The Morgan fingerprint density at radius 2 is 1.94 bits per heavy atom. The van der Waals surface area contributed by atoms with Crippen molar-refractivity contribution in [3.8, 4) is 0 Å². The standard InChI is InChI=1S/C11H23ClN2O2S/c1-3-13(8-4-7-12)17(15,16)14-9-5-11(2)6-10-14/h11H,3-10H2,1-2H3. The van der Waals surface area contributed by atoms with Gasteiger partial charge in [-0.1, -0.05) is 13.8 Å². The van der Waals surface area contributed by atoms with Crippen LogP contribution in [-0.4, -0.2) is 49.1 Å². The zero-order valence-electron chi connectivity index (χ0n) is 10.7. The predicted molar refractivity (Wildman–Crippen MR) is 71.5 cm³/mol. The third-order valence-corrected chi connectivity index (χ3v) is 5.67. The normalized spacial score (nSPS) is 20.0. The first kappa shape index (κ1) is 15.2. The van der Waals surface area contributed by atoms with Gasteiger partial charge in [0.05, 0.1) is 0 Å². The third-order valence-electron chi connectivity index (χ3n) is 3.29. The summed E-state index contributed by atoms with van der Waals surface area (Å²) >= 11 is 5.62. The van der Waals surface area contributed by atoms with Gasteiger partial charge in [0, 0.05) is 32.1 Å². The molecule has 0 amide bonds. The Kier molecular flexibility index (Phi) is 6.20. The summed E-state index contributed by atoms with van der Waals surface area (Å²) in [4.78, 5) is 0. The van der Waals surface area contributed by atoms with E-state index >= 15 is 0 Å². The molecule has 1 aliphatic rings. The van der Waals surface area contributed by atoms with Gasteiger partial charge < -0.3 is 0 Å². The van der Waals surface area contributed by atoms with Crippen LogP contribution in [0.3, 0.4) is 0 Å². The highest BCUT2D eigenvalue weighted by atomic mass is 35.5. The average Bonchev–Trinajstić information content (AvgIpc) is 2.30. The molecule has 1 heterocycles. The van der Waals surface area contributed by atoms with Crippen LogP contribution in [0.1, 0.15) is 33.1 Å². The first-order valence-electron chi connectivity index (χ1n) is 6.33. The Morgan fingerprint density at radius 3 is 2.41 bits per heavy atom. The van der Waals surface area contributed by atoms with Gasteiger partial charge in [-0.2, -0.15) is 17.0 Å². The lowest BCUT2D eigenvalue weighted by Crippen LogP contribution is -2.47. The molecule has 0 aromatic rings. The van der Waals surface area contributed by atoms with Crippen LogP contribution in [0.25, 0.3) is 0 Å². The van der Waals surface area contributed by atoms with Crippen LogP contribution in [0.5, 0.6) is 0 Å². The van der Waals surface area contributed by atoms with Gasteiger partial charge in [0.2, 0.25) is 0 Å². The summed E-state index contributed by atoms with van der Waals surface area (Å²) < 4.78 is 27.8. The number of hydrogen-bond acceptors (Lipinski definition) is 2. The van der Waals surface area contributed by atoms with Gasteiger partial charge in [-0.25, -0.2) is 0 Å². The summed E-state index contributed by atoms with van der Waals surface area (Å²) in [6.45, 7) is 6.40. The fourth-order valence-electron chi connectivity index (χ4n) is 2.05. The van der Waals surface area contributed by atoms with Crippen molar-refractivity contribution in [2.24, 2.45) is 5.92 Å². The van der Waals surface area contributed by atoms with Crippen molar-refractivity contribution in [3.05, 3.63) is 0 Å². The van der Waals surface area contributed by atoms with Crippen LogP contribution in [0.2, 0.25) is 0 Å². The van der Waals surface area contributed by atoms with E-state index in [9.17, 15) is 8.42 Å². The second-order valence-electron chi connectivity index (χ2n) is 4.62. The van der Waals surface area contributed by atoms with E-state index in [4.69, 9.17) is 11.6 Å². The molecule has 0 aromatic heterocycles. The van der Waals surface area contributed by atoms with Crippen molar-refractivity contribution in [2.45, 2.75) is 33.1 Å². The summed E-state index contributed by atoms with van der Waals surface area (Å²) in [6, 6.07) is 0. The maximum atomic E-state index is 12.3. The first-order valence-corrected chi connectivity index (χ1v) is 8.26. The summed E-state index contributed by atoms with van der Waals surface area (Å²) in [7, 11) is -3.26. The Balaban J connectivity index is 2.64. The Labute approximate surface area is 110 Å². The lowest BCUT2D eigenvalue weighted by molar-refractivity contribution is 0.265. The Bertz CT molecular complexity index is 303. The third kappa shape index (κ3) is 4.09. The van der Waals surface area contributed by atoms with Gasteiger partial charge in [0.1, 0.15) is 0 Å². The Morgan fingerprint density at radius 1 is 1.35 bits per heavy atom. The molecule has 17 heavy (non-hydrogen) atoms. The van der Waals surface area contributed by atoms with Crippen molar-refractivity contribution in [3.63, 3.8) is 0 Å². The van der Waals surface area contributed by atoms with E-state index in [2.05, 4.69) is 6.92 Å². The van der Waals surface area contributed by atoms with Crippen LogP contribution in [0.15, 0.2) is 0 Å². The van der Waals surface area contributed by atoms with Crippen LogP contribution >= 0.6 is 11.6 Å². The molecule has 0 N–H and O–H groups in total. The number of halogens is 1. The van der Waals surface area contributed by atoms with Crippen LogP contribution in [0.4, 0.5) is 0 Å². The molecule has 1 saturated heterocycles. The minimum Gasteiger partial charge on any atom is -0.195 e. The zero-order chi connectivity index (χ0) is 12.9. The molecule has 0 aliphatic carbocycles. The summed E-state index contributed by atoms with van der Waals surface area (Å²) in [6.07, 6.45) is 2.64. The second-order valence-corrected chi connectivity index (χ2v) is 6.93. The van der Waals surface area contributed by atoms with Gasteiger partial charge in [-0.05, 0) is 25.2 Å². The van der Waals surface area contributed by atoms with Crippen molar-refractivity contribution in [2.75, 3.05) is 32.1 Å². The van der Waals surface area contributed by atoms with E-state index in [-0.39, 0.29) is 0 Å². The molecule has 0 saturated carbocycles. The highest BCUT2D eigenvalue weighted by molar-refractivity contribution is 7.86. The SMILES string of the molecule is CCN(CCCCl)S(=O)(=O)N1CCC(C)CC1. The van der Waals surface area contributed by atoms with Crippen molar-refractivity contribution in [1.82, 2.24) is 8.61 Å².